The molecule has 0 aliphatic heterocycles. The number of carbonyl (C=O) groups is 3. The van der Waals surface area contributed by atoms with Gasteiger partial charge >= 0.3 is 6.09 Å². The molecule has 0 saturated heterocycles. The summed E-state index contributed by atoms with van der Waals surface area (Å²) in [5.74, 6) is -0.829. The van der Waals surface area contributed by atoms with Crippen LogP contribution in [0.15, 0.2) is 61.2 Å². The van der Waals surface area contributed by atoms with Crippen molar-refractivity contribution >= 4 is 24.0 Å². The molecule has 0 bridgehead atoms. The first kappa shape index (κ1) is 30.6. The molecule has 8 nitrogen and oxygen atoms in total. The molecule has 3 amide bonds. The first-order valence-corrected chi connectivity index (χ1v) is 12.9. The molecule has 206 valence electrons. The summed E-state index contributed by atoms with van der Waals surface area (Å²) < 4.78 is 5.39. The molecule has 0 spiro atoms. The summed E-state index contributed by atoms with van der Waals surface area (Å²) >= 11 is 0. The molecular formula is C30H41N3O5. The van der Waals surface area contributed by atoms with Crippen LogP contribution in [-0.2, 0) is 20.9 Å². The Balaban J connectivity index is 2.46. The van der Waals surface area contributed by atoms with Crippen molar-refractivity contribution in [3.8, 4) is 0 Å². The van der Waals surface area contributed by atoms with Crippen molar-refractivity contribution in [3.05, 3.63) is 77.9 Å². The van der Waals surface area contributed by atoms with Gasteiger partial charge in [0, 0.05) is 13.1 Å². The second-order valence-electron chi connectivity index (χ2n) is 10.6. The lowest BCUT2D eigenvalue weighted by Crippen LogP contribution is -2.54. The Morgan fingerprint density at radius 2 is 1.76 bits per heavy atom. The number of alkyl carbamates (subject to hydrolysis) is 1. The van der Waals surface area contributed by atoms with Crippen molar-refractivity contribution in [3.63, 3.8) is 0 Å². The van der Waals surface area contributed by atoms with E-state index in [9.17, 15) is 19.5 Å². The van der Waals surface area contributed by atoms with Crippen molar-refractivity contribution < 1.29 is 24.2 Å². The third-order valence-electron chi connectivity index (χ3n) is 5.65. The highest BCUT2D eigenvalue weighted by Gasteiger charge is 2.36. The zero-order valence-electron chi connectivity index (χ0n) is 23.1. The molecule has 2 aromatic rings. The second kappa shape index (κ2) is 14.3. The van der Waals surface area contributed by atoms with Crippen LogP contribution < -0.4 is 10.6 Å². The fraction of sp³-hybridized carbons (Fsp3) is 0.433. The number of benzene rings is 2. The average molecular weight is 524 g/mol. The Morgan fingerprint density at radius 3 is 2.34 bits per heavy atom. The van der Waals surface area contributed by atoms with E-state index in [1.54, 1.807) is 45.0 Å². The van der Waals surface area contributed by atoms with E-state index in [0.717, 1.165) is 11.1 Å². The quantitative estimate of drug-likeness (QED) is 0.381. The summed E-state index contributed by atoms with van der Waals surface area (Å²) in [6, 6.07) is 14.6. The van der Waals surface area contributed by atoms with Gasteiger partial charge in [-0.2, -0.15) is 0 Å². The lowest BCUT2D eigenvalue weighted by molar-refractivity contribution is -0.143. The number of amides is 3. The Kier molecular flexibility index (Phi) is 11.5. The first-order valence-electron chi connectivity index (χ1n) is 12.9. The molecule has 0 aromatic heterocycles. The van der Waals surface area contributed by atoms with Gasteiger partial charge in [0.05, 0.1) is 6.61 Å². The molecule has 0 aliphatic rings. The van der Waals surface area contributed by atoms with Crippen molar-refractivity contribution in [1.29, 1.82) is 0 Å². The molecule has 8 heteroatoms. The highest BCUT2D eigenvalue weighted by Crippen LogP contribution is 2.25. The number of nitrogens with zero attached hydrogens (tertiary/aromatic N) is 1. The van der Waals surface area contributed by atoms with Crippen molar-refractivity contribution in [2.24, 2.45) is 5.92 Å². The lowest BCUT2D eigenvalue weighted by Gasteiger charge is -2.34. The predicted molar refractivity (Wildman–Crippen MR) is 149 cm³/mol. The Hall–Kier alpha value is -3.65. The maximum absolute atomic E-state index is 14.0. The van der Waals surface area contributed by atoms with E-state index in [1.807, 2.05) is 50.2 Å². The molecule has 2 atom stereocenters. The maximum atomic E-state index is 14.0. The van der Waals surface area contributed by atoms with E-state index >= 15 is 0 Å². The number of ether oxygens (including phenoxy) is 1. The van der Waals surface area contributed by atoms with Crippen LogP contribution in [0.4, 0.5) is 4.79 Å². The highest BCUT2D eigenvalue weighted by molar-refractivity contribution is 5.92. The minimum atomic E-state index is -1.05. The van der Waals surface area contributed by atoms with Gasteiger partial charge in [-0.05, 0) is 55.9 Å². The molecule has 0 saturated carbocycles. The van der Waals surface area contributed by atoms with E-state index < -0.39 is 35.6 Å². The molecule has 2 unspecified atom stereocenters. The van der Waals surface area contributed by atoms with Crippen molar-refractivity contribution in [2.75, 3.05) is 13.2 Å². The molecule has 2 rings (SSSR count). The van der Waals surface area contributed by atoms with Gasteiger partial charge in [0.2, 0.25) is 11.8 Å². The van der Waals surface area contributed by atoms with E-state index in [2.05, 4.69) is 17.2 Å². The fourth-order valence-electron chi connectivity index (χ4n) is 4.03. The first-order chi connectivity index (χ1) is 17.9. The van der Waals surface area contributed by atoms with Crippen LogP contribution in [0.1, 0.15) is 63.8 Å². The van der Waals surface area contributed by atoms with Crippen LogP contribution in [0, 0.1) is 5.92 Å². The van der Waals surface area contributed by atoms with Crippen LogP contribution in [0.3, 0.4) is 0 Å². The summed E-state index contributed by atoms with van der Waals surface area (Å²) in [7, 11) is 0. The van der Waals surface area contributed by atoms with Gasteiger partial charge in [-0.25, -0.2) is 4.79 Å². The zero-order valence-corrected chi connectivity index (χ0v) is 23.1. The molecule has 38 heavy (non-hydrogen) atoms. The normalized spacial score (nSPS) is 12.8. The van der Waals surface area contributed by atoms with Crippen molar-refractivity contribution in [1.82, 2.24) is 15.5 Å². The molecule has 2 aromatic carbocycles. The number of nitrogens with one attached hydrogen (secondary N) is 2. The number of carbonyl (C=O) groups excluding carboxylic acids is 3. The number of aliphatic hydroxyl groups excluding tert-OH is 1. The van der Waals surface area contributed by atoms with Gasteiger partial charge < -0.3 is 25.4 Å². The number of rotatable bonds is 12. The predicted octanol–water partition coefficient (Wildman–Crippen LogP) is 4.45. The SMILES string of the molecule is C=Cc1cccc(C(C(=O)NCc2ccccc2)N(CCO)C(=O)C(CC(C)C)NC(=O)OC(C)(C)C)c1. The third kappa shape index (κ3) is 9.67. The zero-order chi connectivity index (χ0) is 28.3. The second-order valence-corrected chi connectivity index (χ2v) is 10.6. The van der Waals surface area contributed by atoms with Gasteiger partial charge in [0.25, 0.3) is 0 Å². The third-order valence-corrected chi connectivity index (χ3v) is 5.65. The summed E-state index contributed by atoms with van der Waals surface area (Å²) in [5.41, 5.74) is 1.51. The summed E-state index contributed by atoms with van der Waals surface area (Å²) in [4.78, 5) is 41.6. The van der Waals surface area contributed by atoms with Crippen LogP contribution >= 0.6 is 0 Å². The Morgan fingerprint density at radius 1 is 1.08 bits per heavy atom. The van der Waals surface area contributed by atoms with Crippen LogP contribution in [0.5, 0.6) is 0 Å². The van der Waals surface area contributed by atoms with Crippen LogP contribution in [-0.4, -0.2) is 52.7 Å². The molecule has 0 heterocycles. The van der Waals surface area contributed by atoms with Crippen LogP contribution in [0.25, 0.3) is 6.08 Å². The van der Waals surface area contributed by atoms with E-state index in [0.29, 0.717) is 12.0 Å². The van der Waals surface area contributed by atoms with Gasteiger partial charge in [-0.3, -0.25) is 9.59 Å². The fourth-order valence-corrected chi connectivity index (χ4v) is 4.03. The smallest absolute Gasteiger partial charge is 0.408 e. The standard InChI is InChI=1S/C30H41N3O5/c1-7-22-14-11-15-24(19-22)26(27(35)31-20-23-12-9-8-10-13-23)33(16-17-34)28(36)25(18-21(2)3)32-29(37)38-30(4,5)6/h7-15,19,21,25-26,34H,1,16-18,20H2,2-6H3,(H,31,35)(H,32,37). The molecular weight excluding hydrogens is 482 g/mol. The Bertz CT molecular complexity index is 1080. The number of hydrogen-bond donors (Lipinski definition) is 3. The van der Waals surface area contributed by atoms with Crippen molar-refractivity contribution in [2.45, 2.75) is 65.3 Å². The van der Waals surface area contributed by atoms with Gasteiger partial charge in [0.15, 0.2) is 0 Å². The van der Waals surface area contributed by atoms with E-state index in [1.165, 1.54) is 4.90 Å². The number of aliphatic hydroxyl groups is 1. The molecule has 0 aliphatic carbocycles. The molecule has 0 fully saturated rings. The van der Waals surface area contributed by atoms with Gasteiger partial charge in [-0.1, -0.05) is 75.0 Å². The largest absolute Gasteiger partial charge is 0.444 e. The average Bonchev–Trinajstić information content (AvgIpc) is 2.85. The Labute approximate surface area is 226 Å². The monoisotopic (exact) mass is 523 g/mol. The summed E-state index contributed by atoms with van der Waals surface area (Å²) in [6.07, 6.45) is 1.26. The lowest BCUT2D eigenvalue weighted by atomic mass is 9.98. The number of hydrogen-bond acceptors (Lipinski definition) is 5. The maximum Gasteiger partial charge on any atom is 0.408 e. The van der Waals surface area contributed by atoms with E-state index in [4.69, 9.17) is 4.74 Å². The van der Waals surface area contributed by atoms with Gasteiger partial charge in [0.1, 0.15) is 17.7 Å². The van der Waals surface area contributed by atoms with E-state index in [-0.39, 0.29) is 25.6 Å². The topological polar surface area (TPSA) is 108 Å². The van der Waals surface area contributed by atoms with Gasteiger partial charge in [-0.15, -0.1) is 0 Å². The summed E-state index contributed by atoms with van der Waals surface area (Å²) in [6.45, 7) is 12.7. The molecule has 0 radical (unpaired) electrons. The highest BCUT2D eigenvalue weighted by atomic mass is 16.6. The van der Waals surface area contributed by atoms with Crippen LogP contribution in [0.2, 0.25) is 0 Å². The molecule has 3 N–H and O–H groups in total. The minimum Gasteiger partial charge on any atom is -0.444 e. The minimum absolute atomic E-state index is 0.0596. The summed E-state index contributed by atoms with van der Waals surface area (Å²) in [5, 5.41) is 15.5.